The molecule has 0 aliphatic rings. The first-order valence-electron chi connectivity index (χ1n) is 3.80. The second kappa shape index (κ2) is 3.71. The first-order chi connectivity index (χ1) is 6.45. The zero-order valence-corrected chi connectivity index (χ0v) is 7.29. The lowest BCUT2D eigenvalue weighted by Crippen LogP contribution is -2.13. The van der Waals surface area contributed by atoms with Crippen molar-refractivity contribution in [3.63, 3.8) is 0 Å². The van der Waals surface area contributed by atoms with Gasteiger partial charge in [-0.1, -0.05) is 6.07 Å². The third-order valence-electron chi connectivity index (χ3n) is 1.91. The Kier molecular flexibility index (Phi) is 2.81. The number of carboxylic acids is 1. The second-order valence-corrected chi connectivity index (χ2v) is 2.82. The molecular weight excluding hydrogens is 194 g/mol. The summed E-state index contributed by atoms with van der Waals surface area (Å²) in [7, 11) is 0. The van der Waals surface area contributed by atoms with E-state index in [-0.39, 0.29) is 11.1 Å². The zero-order valence-electron chi connectivity index (χ0n) is 7.29. The predicted molar refractivity (Wildman–Crippen MR) is 43.7 cm³/mol. The van der Waals surface area contributed by atoms with E-state index >= 15 is 0 Å². The molecule has 0 aromatic heterocycles. The minimum absolute atomic E-state index is 0.142. The van der Waals surface area contributed by atoms with Gasteiger partial charge < -0.3 is 10.2 Å². The van der Waals surface area contributed by atoms with Gasteiger partial charge in [0.15, 0.2) is 17.7 Å². The first kappa shape index (κ1) is 10.6. The highest BCUT2D eigenvalue weighted by Gasteiger charge is 2.21. The third-order valence-corrected chi connectivity index (χ3v) is 1.91. The molecule has 0 aliphatic heterocycles. The summed E-state index contributed by atoms with van der Waals surface area (Å²) < 4.78 is 25.6. The summed E-state index contributed by atoms with van der Waals surface area (Å²) in [6.45, 7) is 1.21. The first-order valence-corrected chi connectivity index (χ1v) is 3.80. The number of aliphatic carboxylic acids is 1. The zero-order chi connectivity index (χ0) is 10.9. The number of carbonyl (C=O) groups is 1. The maximum absolute atomic E-state index is 12.9. The van der Waals surface area contributed by atoms with Crippen LogP contribution in [0.25, 0.3) is 0 Å². The van der Waals surface area contributed by atoms with E-state index in [2.05, 4.69) is 0 Å². The van der Waals surface area contributed by atoms with Crippen molar-refractivity contribution in [2.75, 3.05) is 0 Å². The van der Waals surface area contributed by atoms with E-state index in [9.17, 15) is 13.6 Å². The number of aliphatic hydroxyl groups is 1. The molecule has 0 aliphatic carbocycles. The fraction of sp³-hybridized carbons (Fsp3) is 0.222. The van der Waals surface area contributed by atoms with E-state index in [0.717, 1.165) is 12.1 Å². The smallest absolute Gasteiger partial charge is 0.337 e. The molecule has 76 valence electrons. The molecule has 14 heavy (non-hydrogen) atoms. The Morgan fingerprint density at radius 1 is 1.43 bits per heavy atom. The van der Waals surface area contributed by atoms with Crippen LogP contribution in [0, 0.1) is 18.6 Å². The maximum atomic E-state index is 12.9. The van der Waals surface area contributed by atoms with Gasteiger partial charge in [-0.3, -0.25) is 0 Å². The van der Waals surface area contributed by atoms with Crippen LogP contribution in [0.3, 0.4) is 0 Å². The van der Waals surface area contributed by atoms with Gasteiger partial charge >= 0.3 is 5.97 Å². The molecule has 1 rings (SSSR count). The van der Waals surface area contributed by atoms with Gasteiger partial charge in [-0.15, -0.1) is 0 Å². The fourth-order valence-electron chi connectivity index (χ4n) is 1.10. The number of hydrogen-bond donors (Lipinski definition) is 2. The molecule has 1 aromatic rings. The van der Waals surface area contributed by atoms with Gasteiger partial charge in [-0.05, 0) is 24.1 Å². The molecule has 0 fully saturated rings. The topological polar surface area (TPSA) is 57.5 Å². The van der Waals surface area contributed by atoms with Crippen LogP contribution in [0.2, 0.25) is 0 Å². The summed E-state index contributed by atoms with van der Waals surface area (Å²) in [5.74, 6) is -3.70. The summed E-state index contributed by atoms with van der Waals surface area (Å²) in [4.78, 5) is 10.4. The van der Waals surface area contributed by atoms with Gasteiger partial charge in [0.05, 0.1) is 0 Å². The van der Waals surface area contributed by atoms with Crippen molar-refractivity contribution >= 4 is 5.97 Å². The van der Waals surface area contributed by atoms with Crippen LogP contribution in [0.4, 0.5) is 8.78 Å². The number of benzene rings is 1. The van der Waals surface area contributed by atoms with Crippen LogP contribution in [-0.2, 0) is 4.79 Å². The van der Waals surface area contributed by atoms with E-state index < -0.39 is 23.7 Å². The van der Waals surface area contributed by atoms with Crippen LogP contribution in [0.1, 0.15) is 17.2 Å². The van der Waals surface area contributed by atoms with E-state index in [1.807, 2.05) is 0 Å². The molecule has 5 heteroatoms. The molecule has 0 bridgehead atoms. The monoisotopic (exact) mass is 202 g/mol. The quantitative estimate of drug-likeness (QED) is 0.761. The van der Waals surface area contributed by atoms with Crippen LogP contribution in [0.15, 0.2) is 12.1 Å². The lowest BCUT2D eigenvalue weighted by atomic mass is 10.0. The molecule has 0 heterocycles. The van der Waals surface area contributed by atoms with Gasteiger partial charge in [0.2, 0.25) is 0 Å². The van der Waals surface area contributed by atoms with Crippen molar-refractivity contribution in [1.29, 1.82) is 0 Å². The van der Waals surface area contributed by atoms with Gasteiger partial charge in [0.1, 0.15) is 0 Å². The highest BCUT2D eigenvalue weighted by atomic mass is 19.2. The molecule has 1 aromatic carbocycles. The van der Waals surface area contributed by atoms with Crippen molar-refractivity contribution in [2.24, 2.45) is 0 Å². The molecule has 0 spiro atoms. The van der Waals surface area contributed by atoms with E-state index in [0.29, 0.717) is 0 Å². The minimum Gasteiger partial charge on any atom is -0.479 e. The van der Waals surface area contributed by atoms with Gasteiger partial charge in [0, 0.05) is 0 Å². The summed E-state index contributed by atoms with van der Waals surface area (Å²) in [6.07, 6.45) is -1.83. The van der Waals surface area contributed by atoms with Gasteiger partial charge in [0.25, 0.3) is 0 Å². The molecular formula is C9H8F2O3. The molecule has 1 unspecified atom stereocenters. The Labute approximate surface area is 78.6 Å². The number of aliphatic hydroxyl groups excluding tert-OH is 1. The maximum Gasteiger partial charge on any atom is 0.337 e. The van der Waals surface area contributed by atoms with Crippen LogP contribution in [-0.4, -0.2) is 16.2 Å². The Bertz CT molecular complexity index is 377. The largest absolute Gasteiger partial charge is 0.479 e. The van der Waals surface area contributed by atoms with Crippen LogP contribution in [0.5, 0.6) is 0 Å². The Balaban J connectivity index is 3.24. The molecule has 0 saturated carbocycles. The van der Waals surface area contributed by atoms with E-state index in [4.69, 9.17) is 10.2 Å². The Morgan fingerprint density at radius 2 is 2.00 bits per heavy atom. The van der Waals surface area contributed by atoms with Crippen LogP contribution >= 0.6 is 0 Å². The summed E-state index contributed by atoms with van der Waals surface area (Å²) in [5, 5.41) is 17.6. The van der Waals surface area contributed by atoms with Crippen molar-refractivity contribution in [3.8, 4) is 0 Å². The lowest BCUT2D eigenvalue weighted by molar-refractivity contribution is -0.147. The summed E-state index contributed by atoms with van der Waals surface area (Å²) >= 11 is 0. The molecule has 0 radical (unpaired) electrons. The average molecular weight is 202 g/mol. The van der Waals surface area contributed by atoms with Gasteiger partial charge in [-0.25, -0.2) is 13.6 Å². The highest BCUT2D eigenvalue weighted by molar-refractivity contribution is 5.74. The minimum atomic E-state index is -1.83. The number of hydrogen-bond acceptors (Lipinski definition) is 2. The van der Waals surface area contributed by atoms with E-state index in [1.165, 1.54) is 6.92 Å². The Morgan fingerprint density at radius 3 is 2.50 bits per heavy atom. The second-order valence-electron chi connectivity index (χ2n) is 2.82. The number of carboxylic acid groups (broad SMARTS) is 1. The summed E-state index contributed by atoms with van der Waals surface area (Å²) in [5.41, 5.74) is -0.337. The van der Waals surface area contributed by atoms with Crippen molar-refractivity contribution in [3.05, 3.63) is 34.9 Å². The van der Waals surface area contributed by atoms with Crippen molar-refractivity contribution in [2.45, 2.75) is 13.0 Å². The molecule has 2 N–H and O–H groups in total. The van der Waals surface area contributed by atoms with Crippen molar-refractivity contribution in [1.82, 2.24) is 0 Å². The third kappa shape index (κ3) is 1.72. The predicted octanol–water partition coefficient (Wildman–Crippen LogP) is 1.39. The van der Waals surface area contributed by atoms with Gasteiger partial charge in [-0.2, -0.15) is 0 Å². The molecule has 0 amide bonds. The standard InChI is InChI=1S/C9H8F2O3/c1-4-5(8(12)9(13)14)2-3-6(10)7(4)11/h2-3,8,12H,1H3,(H,13,14). The highest BCUT2D eigenvalue weighted by Crippen LogP contribution is 2.21. The van der Waals surface area contributed by atoms with Crippen LogP contribution < -0.4 is 0 Å². The molecule has 3 nitrogen and oxygen atoms in total. The van der Waals surface area contributed by atoms with Crippen molar-refractivity contribution < 1.29 is 23.8 Å². The molecule has 1 atom stereocenters. The number of rotatable bonds is 2. The normalized spacial score (nSPS) is 12.6. The lowest BCUT2D eigenvalue weighted by Gasteiger charge is -2.09. The van der Waals surface area contributed by atoms with E-state index in [1.54, 1.807) is 0 Å². The summed E-state index contributed by atoms with van der Waals surface area (Å²) in [6, 6.07) is 1.83. The molecule has 0 saturated heterocycles. The SMILES string of the molecule is Cc1c(C(O)C(=O)O)ccc(F)c1F. The Hall–Kier alpha value is -1.49. The number of halogens is 2. The fourth-order valence-corrected chi connectivity index (χ4v) is 1.10. The average Bonchev–Trinajstić information content (AvgIpc) is 2.13.